The van der Waals surface area contributed by atoms with Crippen LogP contribution in [0.3, 0.4) is 0 Å². The highest BCUT2D eigenvalue weighted by Crippen LogP contribution is 2.30. The first kappa shape index (κ1) is 16.9. The van der Waals surface area contributed by atoms with Crippen molar-refractivity contribution in [2.24, 2.45) is 11.7 Å². The molecule has 2 rings (SSSR count). The number of benzene rings is 1. The molecular formula is C14H20BrFN2O2S. The molecule has 4 nitrogen and oxygen atoms in total. The molecule has 0 saturated carbocycles. The predicted octanol–water partition coefficient (Wildman–Crippen LogP) is 2.86. The zero-order chi connectivity index (χ0) is 15.6. The molecule has 0 amide bonds. The average Bonchev–Trinajstić information content (AvgIpc) is 2.90. The number of nitrogens with zero attached hydrogens (tertiary/aromatic N) is 1. The number of sulfonamides is 1. The molecule has 1 fully saturated rings. The van der Waals surface area contributed by atoms with Gasteiger partial charge in [0.25, 0.3) is 0 Å². The minimum absolute atomic E-state index is 0.0355. The van der Waals surface area contributed by atoms with E-state index < -0.39 is 15.8 Å². The number of halogens is 2. The van der Waals surface area contributed by atoms with Gasteiger partial charge in [-0.3, -0.25) is 0 Å². The second-order valence-corrected chi connectivity index (χ2v) is 8.21. The quantitative estimate of drug-likeness (QED) is 0.856. The van der Waals surface area contributed by atoms with E-state index in [1.165, 1.54) is 16.4 Å². The maximum Gasteiger partial charge on any atom is 0.246 e. The molecule has 21 heavy (non-hydrogen) atoms. The smallest absolute Gasteiger partial charge is 0.246 e. The highest BCUT2D eigenvalue weighted by Gasteiger charge is 2.34. The van der Waals surface area contributed by atoms with Crippen LogP contribution in [0, 0.1) is 11.7 Å². The normalized spacial score (nSPS) is 20.1. The van der Waals surface area contributed by atoms with E-state index in [2.05, 4.69) is 22.9 Å². The van der Waals surface area contributed by atoms with E-state index in [-0.39, 0.29) is 17.0 Å². The van der Waals surface area contributed by atoms with Gasteiger partial charge in [-0.2, -0.15) is 4.31 Å². The molecule has 2 N–H and O–H groups in total. The summed E-state index contributed by atoms with van der Waals surface area (Å²) in [5.41, 5.74) is 5.68. The van der Waals surface area contributed by atoms with Crippen LogP contribution in [0.15, 0.2) is 21.5 Å². The Bertz CT molecular complexity index is 622. The lowest BCUT2D eigenvalue weighted by molar-refractivity contribution is 0.440. The molecule has 1 aromatic carbocycles. The van der Waals surface area contributed by atoms with Crippen LogP contribution in [-0.4, -0.2) is 25.8 Å². The Morgan fingerprint density at radius 2 is 2.19 bits per heavy atom. The third-order valence-corrected chi connectivity index (χ3v) is 6.18. The maximum absolute atomic E-state index is 14.3. The second-order valence-electron chi connectivity index (χ2n) is 5.39. The van der Waals surface area contributed by atoms with E-state index in [9.17, 15) is 12.8 Å². The molecule has 1 unspecified atom stereocenters. The Morgan fingerprint density at radius 1 is 1.48 bits per heavy atom. The lowest BCUT2D eigenvalue weighted by Crippen LogP contribution is -2.30. The fourth-order valence-electron chi connectivity index (χ4n) is 2.75. The average molecular weight is 379 g/mol. The van der Waals surface area contributed by atoms with Crippen LogP contribution in [0.5, 0.6) is 0 Å². The Balaban J connectivity index is 2.35. The molecule has 1 aromatic rings. The molecule has 7 heteroatoms. The predicted molar refractivity (Wildman–Crippen MR) is 83.8 cm³/mol. The molecule has 0 aliphatic carbocycles. The van der Waals surface area contributed by atoms with Gasteiger partial charge in [-0.1, -0.05) is 29.3 Å². The van der Waals surface area contributed by atoms with E-state index in [1.54, 1.807) is 0 Å². The zero-order valence-corrected chi connectivity index (χ0v) is 14.4. The monoisotopic (exact) mass is 378 g/mol. The molecular weight excluding hydrogens is 359 g/mol. The Hall–Kier alpha value is -0.500. The third-order valence-electron chi connectivity index (χ3n) is 3.86. The van der Waals surface area contributed by atoms with Crippen molar-refractivity contribution in [3.8, 4) is 0 Å². The van der Waals surface area contributed by atoms with E-state index in [1.807, 2.05) is 0 Å². The molecule has 0 aromatic heterocycles. The molecule has 1 aliphatic heterocycles. The first-order chi connectivity index (χ1) is 9.90. The Kier molecular flexibility index (Phi) is 5.40. The fraction of sp³-hybridized carbons (Fsp3) is 0.571. The van der Waals surface area contributed by atoms with Crippen LogP contribution < -0.4 is 5.73 Å². The van der Waals surface area contributed by atoms with Gasteiger partial charge in [0.1, 0.15) is 10.7 Å². The summed E-state index contributed by atoms with van der Waals surface area (Å²) < 4.78 is 41.5. The summed E-state index contributed by atoms with van der Waals surface area (Å²) in [4.78, 5) is -0.283. The molecule has 1 heterocycles. The number of hydrogen-bond acceptors (Lipinski definition) is 3. The summed E-state index contributed by atoms with van der Waals surface area (Å²) in [6.45, 7) is 2.97. The van der Waals surface area contributed by atoms with Crippen molar-refractivity contribution >= 4 is 26.0 Å². The highest BCUT2D eigenvalue weighted by molar-refractivity contribution is 9.10. The first-order valence-corrected chi connectivity index (χ1v) is 9.31. The van der Waals surface area contributed by atoms with Crippen molar-refractivity contribution in [2.75, 3.05) is 13.1 Å². The molecule has 1 saturated heterocycles. The van der Waals surface area contributed by atoms with Crippen LogP contribution in [0.25, 0.3) is 0 Å². The van der Waals surface area contributed by atoms with Gasteiger partial charge in [-0.05, 0) is 30.9 Å². The molecule has 118 valence electrons. The second kappa shape index (κ2) is 6.73. The minimum atomic E-state index is -3.80. The SMILES string of the molecule is CCCC1CCN(S(=O)(=O)c2cc(Br)cc(CN)c2F)C1. The van der Waals surface area contributed by atoms with Crippen molar-refractivity contribution in [3.63, 3.8) is 0 Å². The van der Waals surface area contributed by atoms with Crippen LogP contribution in [0.2, 0.25) is 0 Å². The zero-order valence-electron chi connectivity index (χ0n) is 12.0. The van der Waals surface area contributed by atoms with Crippen molar-refractivity contribution in [3.05, 3.63) is 28.0 Å². The van der Waals surface area contributed by atoms with Crippen molar-refractivity contribution in [1.82, 2.24) is 4.31 Å². The maximum atomic E-state index is 14.3. The van der Waals surface area contributed by atoms with Crippen molar-refractivity contribution in [2.45, 2.75) is 37.6 Å². The van der Waals surface area contributed by atoms with Gasteiger partial charge in [0.15, 0.2) is 0 Å². The summed E-state index contributed by atoms with van der Waals surface area (Å²) in [6, 6.07) is 2.83. The van der Waals surface area contributed by atoms with E-state index in [0.717, 1.165) is 19.3 Å². The van der Waals surface area contributed by atoms with Crippen molar-refractivity contribution < 1.29 is 12.8 Å². The largest absolute Gasteiger partial charge is 0.326 e. The summed E-state index contributed by atoms with van der Waals surface area (Å²) >= 11 is 3.22. The van der Waals surface area contributed by atoms with Gasteiger partial charge < -0.3 is 5.73 Å². The van der Waals surface area contributed by atoms with Crippen molar-refractivity contribution in [1.29, 1.82) is 0 Å². The van der Waals surface area contributed by atoms with Gasteiger partial charge >= 0.3 is 0 Å². The molecule has 0 radical (unpaired) electrons. The summed E-state index contributed by atoms with van der Waals surface area (Å²) in [5.74, 6) is -0.367. The standard InChI is InChI=1S/C14H20BrFN2O2S/c1-2-3-10-4-5-18(9-10)21(19,20)13-7-12(15)6-11(8-17)14(13)16/h6-7,10H,2-5,8-9,17H2,1H3. The molecule has 1 atom stereocenters. The lowest BCUT2D eigenvalue weighted by Gasteiger charge is -2.18. The van der Waals surface area contributed by atoms with Gasteiger partial charge in [0, 0.05) is 29.7 Å². The van der Waals surface area contributed by atoms with Gasteiger partial charge in [-0.25, -0.2) is 12.8 Å². The molecule has 1 aliphatic rings. The van der Waals surface area contributed by atoms with E-state index in [4.69, 9.17) is 5.73 Å². The van der Waals surface area contributed by atoms with Gasteiger partial charge in [0.2, 0.25) is 10.0 Å². The van der Waals surface area contributed by atoms with E-state index >= 15 is 0 Å². The Labute approximate surface area is 133 Å². The summed E-state index contributed by atoms with van der Waals surface area (Å²) in [5, 5.41) is 0. The van der Waals surface area contributed by atoms with Crippen LogP contribution in [-0.2, 0) is 16.6 Å². The number of nitrogens with two attached hydrogens (primary N) is 1. The van der Waals surface area contributed by atoms with Crippen LogP contribution in [0.1, 0.15) is 31.7 Å². The van der Waals surface area contributed by atoms with Crippen LogP contribution in [0.4, 0.5) is 4.39 Å². The van der Waals surface area contributed by atoms with Gasteiger partial charge in [0.05, 0.1) is 0 Å². The van der Waals surface area contributed by atoms with Gasteiger partial charge in [-0.15, -0.1) is 0 Å². The topological polar surface area (TPSA) is 63.4 Å². The number of hydrogen-bond donors (Lipinski definition) is 1. The minimum Gasteiger partial charge on any atom is -0.326 e. The lowest BCUT2D eigenvalue weighted by atomic mass is 10.0. The fourth-order valence-corrected chi connectivity index (χ4v) is 5.07. The van der Waals surface area contributed by atoms with Crippen LogP contribution >= 0.6 is 15.9 Å². The summed E-state index contributed by atoms with van der Waals surface area (Å²) in [6.07, 6.45) is 2.87. The summed E-state index contributed by atoms with van der Waals surface area (Å²) in [7, 11) is -3.80. The molecule has 0 bridgehead atoms. The Morgan fingerprint density at radius 3 is 2.81 bits per heavy atom. The first-order valence-electron chi connectivity index (χ1n) is 7.08. The third kappa shape index (κ3) is 3.47. The number of rotatable bonds is 5. The van der Waals surface area contributed by atoms with E-state index in [0.29, 0.717) is 23.5 Å². The molecule has 0 spiro atoms. The highest BCUT2D eigenvalue weighted by atomic mass is 79.9.